The molecule has 0 saturated heterocycles. The zero-order chi connectivity index (χ0) is 12.8. The summed E-state index contributed by atoms with van der Waals surface area (Å²) < 4.78 is 2.12. The first-order valence-electron chi connectivity index (χ1n) is 6.53. The molecule has 1 aliphatic rings. The van der Waals surface area contributed by atoms with Crippen LogP contribution >= 0.6 is 11.8 Å². The number of thioether (sulfide) groups is 1. The summed E-state index contributed by atoms with van der Waals surface area (Å²) in [4.78, 5) is 8.62. The summed E-state index contributed by atoms with van der Waals surface area (Å²) in [6.07, 6.45) is 8.05. The second kappa shape index (κ2) is 6.27. The monoisotopic (exact) mass is 266 g/mol. The van der Waals surface area contributed by atoms with E-state index in [0.717, 1.165) is 30.6 Å². The quantitative estimate of drug-likeness (QED) is 0.832. The van der Waals surface area contributed by atoms with Crippen LogP contribution in [0.5, 0.6) is 0 Å². The van der Waals surface area contributed by atoms with Gasteiger partial charge in [0.25, 0.3) is 0 Å². The largest absolute Gasteiger partial charge is 0.365 e. The number of rotatable bonds is 5. The van der Waals surface area contributed by atoms with Gasteiger partial charge in [-0.3, -0.25) is 4.99 Å². The maximum Gasteiger partial charge on any atom is 0.156 e. The standard InChI is InChI=1S/C13H22N4S/c1-13(2)9-16-12(18-10-13)15-5-3-4-7-17-8-6-14-11-17/h6,8,11H,3-5,7,9-10H2,1-2H3,(H,15,16). The highest BCUT2D eigenvalue weighted by atomic mass is 32.2. The van der Waals surface area contributed by atoms with Gasteiger partial charge >= 0.3 is 0 Å². The molecule has 1 aliphatic heterocycles. The van der Waals surface area contributed by atoms with Gasteiger partial charge in [-0.25, -0.2) is 4.98 Å². The molecule has 0 spiro atoms. The van der Waals surface area contributed by atoms with Crippen molar-refractivity contribution in [2.24, 2.45) is 10.4 Å². The number of hydrogen-bond acceptors (Lipinski definition) is 4. The maximum atomic E-state index is 4.58. The number of amidine groups is 1. The van der Waals surface area contributed by atoms with E-state index in [9.17, 15) is 0 Å². The summed E-state index contributed by atoms with van der Waals surface area (Å²) in [6.45, 7) is 7.55. The van der Waals surface area contributed by atoms with Crippen molar-refractivity contribution in [2.45, 2.75) is 33.2 Å². The molecule has 2 heterocycles. The molecule has 0 aliphatic carbocycles. The van der Waals surface area contributed by atoms with Gasteiger partial charge in [0.2, 0.25) is 0 Å². The van der Waals surface area contributed by atoms with Crippen molar-refractivity contribution in [2.75, 3.05) is 18.8 Å². The van der Waals surface area contributed by atoms with Crippen LogP contribution in [0.4, 0.5) is 0 Å². The van der Waals surface area contributed by atoms with E-state index in [1.807, 2.05) is 30.5 Å². The van der Waals surface area contributed by atoms with E-state index in [-0.39, 0.29) is 0 Å². The van der Waals surface area contributed by atoms with Gasteiger partial charge < -0.3 is 9.88 Å². The van der Waals surface area contributed by atoms with E-state index in [0.29, 0.717) is 5.41 Å². The highest BCUT2D eigenvalue weighted by molar-refractivity contribution is 8.13. The molecule has 0 aromatic carbocycles. The first-order valence-corrected chi connectivity index (χ1v) is 7.51. The first-order chi connectivity index (χ1) is 8.66. The van der Waals surface area contributed by atoms with Gasteiger partial charge in [0.05, 0.1) is 6.33 Å². The molecule has 0 atom stereocenters. The predicted octanol–water partition coefficient (Wildman–Crippen LogP) is 2.38. The molecule has 5 heteroatoms. The SMILES string of the molecule is CC1(C)CN=C(NCCCCn2ccnc2)SC1. The third kappa shape index (κ3) is 4.37. The van der Waals surface area contributed by atoms with Gasteiger partial charge in [-0.2, -0.15) is 0 Å². The summed E-state index contributed by atoms with van der Waals surface area (Å²) in [5, 5.41) is 4.55. The molecule has 0 radical (unpaired) electrons. The van der Waals surface area contributed by atoms with Crippen LogP contribution in [0.3, 0.4) is 0 Å². The lowest BCUT2D eigenvalue weighted by atomic mass is 9.97. The summed E-state index contributed by atoms with van der Waals surface area (Å²) in [5.74, 6) is 1.16. The molecule has 18 heavy (non-hydrogen) atoms. The molecule has 100 valence electrons. The van der Waals surface area contributed by atoms with Crippen molar-refractivity contribution in [1.82, 2.24) is 14.9 Å². The van der Waals surface area contributed by atoms with Gasteiger partial charge in [-0.1, -0.05) is 25.6 Å². The molecular weight excluding hydrogens is 244 g/mol. The molecule has 0 amide bonds. The van der Waals surface area contributed by atoms with Crippen molar-refractivity contribution in [3.63, 3.8) is 0 Å². The fourth-order valence-electron chi connectivity index (χ4n) is 1.78. The van der Waals surface area contributed by atoms with Gasteiger partial charge in [0.1, 0.15) is 0 Å². The predicted molar refractivity (Wildman–Crippen MR) is 78.0 cm³/mol. The Bertz CT molecular complexity index is 384. The molecule has 1 aromatic rings. The minimum atomic E-state index is 0.358. The maximum absolute atomic E-state index is 4.58. The smallest absolute Gasteiger partial charge is 0.156 e. The highest BCUT2D eigenvalue weighted by Crippen LogP contribution is 2.26. The van der Waals surface area contributed by atoms with Crippen LogP contribution in [-0.4, -0.2) is 33.6 Å². The van der Waals surface area contributed by atoms with Crippen LogP contribution in [-0.2, 0) is 6.54 Å². The molecule has 0 unspecified atom stereocenters. The number of nitrogens with one attached hydrogen (secondary N) is 1. The first kappa shape index (κ1) is 13.5. The van der Waals surface area contributed by atoms with Crippen molar-refractivity contribution >= 4 is 16.9 Å². The summed E-state index contributed by atoms with van der Waals surface area (Å²) in [6, 6.07) is 0. The van der Waals surface area contributed by atoms with Crippen LogP contribution in [0, 0.1) is 5.41 Å². The van der Waals surface area contributed by atoms with E-state index in [2.05, 4.69) is 33.7 Å². The van der Waals surface area contributed by atoms with Gasteiger partial charge in [0, 0.05) is 37.8 Å². The molecule has 0 saturated carbocycles. The Hall–Kier alpha value is -0.970. The second-order valence-electron chi connectivity index (χ2n) is 5.51. The van der Waals surface area contributed by atoms with E-state index in [1.165, 1.54) is 12.8 Å². The molecule has 1 N–H and O–H groups in total. The Labute approximate surface area is 113 Å². The van der Waals surface area contributed by atoms with Gasteiger partial charge in [-0.15, -0.1) is 0 Å². The fraction of sp³-hybridized carbons (Fsp3) is 0.692. The van der Waals surface area contributed by atoms with Crippen LogP contribution in [0.1, 0.15) is 26.7 Å². The van der Waals surface area contributed by atoms with Gasteiger partial charge in [-0.05, 0) is 18.3 Å². The molecule has 4 nitrogen and oxygen atoms in total. The van der Waals surface area contributed by atoms with Crippen molar-refractivity contribution in [3.8, 4) is 0 Å². The summed E-state index contributed by atoms with van der Waals surface area (Å²) in [7, 11) is 0. The molecule has 0 fully saturated rings. The van der Waals surface area contributed by atoms with Crippen LogP contribution in [0.15, 0.2) is 23.7 Å². The highest BCUT2D eigenvalue weighted by Gasteiger charge is 2.22. The number of nitrogens with zero attached hydrogens (tertiary/aromatic N) is 3. The summed E-state index contributed by atoms with van der Waals surface area (Å²) >= 11 is 1.85. The van der Waals surface area contributed by atoms with E-state index in [4.69, 9.17) is 0 Å². The Kier molecular flexibility index (Phi) is 4.69. The van der Waals surface area contributed by atoms with Crippen molar-refractivity contribution in [1.29, 1.82) is 0 Å². The van der Waals surface area contributed by atoms with Crippen LogP contribution < -0.4 is 5.32 Å². The Morgan fingerprint density at radius 3 is 3.00 bits per heavy atom. The van der Waals surface area contributed by atoms with Gasteiger partial charge in [0.15, 0.2) is 5.17 Å². The third-order valence-corrected chi connectivity index (χ3v) is 4.40. The van der Waals surface area contributed by atoms with E-state index < -0.39 is 0 Å². The lowest BCUT2D eigenvalue weighted by Gasteiger charge is -2.27. The number of aliphatic imine (C=N–C) groups is 1. The lowest BCUT2D eigenvalue weighted by molar-refractivity contribution is 0.436. The van der Waals surface area contributed by atoms with Crippen LogP contribution in [0.25, 0.3) is 0 Å². The number of unbranched alkanes of at least 4 members (excludes halogenated alkanes) is 1. The normalized spacial score (nSPS) is 18.4. The fourth-order valence-corrected chi connectivity index (χ4v) is 2.76. The minimum Gasteiger partial charge on any atom is -0.365 e. The number of aryl methyl sites for hydroxylation is 1. The Morgan fingerprint density at radius 2 is 2.33 bits per heavy atom. The lowest BCUT2D eigenvalue weighted by Crippen LogP contribution is -2.31. The van der Waals surface area contributed by atoms with Crippen LogP contribution in [0.2, 0.25) is 0 Å². The minimum absolute atomic E-state index is 0.358. The number of aromatic nitrogens is 2. The average molecular weight is 266 g/mol. The van der Waals surface area contributed by atoms with E-state index in [1.54, 1.807) is 0 Å². The topological polar surface area (TPSA) is 42.2 Å². The Morgan fingerprint density at radius 1 is 1.44 bits per heavy atom. The number of imidazole rings is 1. The van der Waals surface area contributed by atoms with Crippen molar-refractivity contribution < 1.29 is 0 Å². The zero-order valence-electron chi connectivity index (χ0n) is 11.2. The molecular formula is C13H22N4S. The van der Waals surface area contributed by atoms with E-state index >= 15 is 0 Å². The summed E-state index contributed by atoms with van der Waals surface area (Å²) in [5.41, 5.74) is 0.358. The second-order valence-corrected chi connectivity index (χ2v) is 6.47. The molecule has 1 aromatic heterocycles. The average Bonchev–Trinajstić information content (AvgIpc) is 2.84. The molecule has 2 rings (SSSR count). The Balaban J connectivity index is 1.57. The number of hydrogen-bond donors (Lipinski definition) is 1. The molecule has 0 bridgehead atoms. The van der Waals surface area contributed by atoms with Crippen molar-refractivity contribution in [3.05, 3.63) is 18.7 Å². The third-order valence-electron chi connectivity index (χ3n) is 2.93. The zero-order valence-corrected chi connectivity index (χ0v) is 12.0.